The van der Waals surface area contributed by atoms with Crippen molar-refractivity contribution in [1.29, 1.82) is 0 Å². The molecule has 0 N–H and O–H groups in total. The molecule has 14 aromatic rings. The van der Waals surface area contributed by atoms with Crippen LogP contribution in [0.3, 0.4) is 0 Å². The Bertz CT molecular complexity index is 4230. The van der Waals surface area contributed by atoms with Crippen LogP contribution >= 0.6 is 0 Å². The maximum atomic E-state index is 2.60. The van der Waals surface area contributed by atoms with Crippen LogP contribution in [0.2, 0.25) is 0 Å². The molecular weight excluding hydrogens is 1050 g/mol. The highest BCUT2D eigenvalue weighted by Gasteiger charge is 2.48. The molecule has 0 atom stereocenters. The number of anilines is 6. The van der Waals surface area contributed by atoms with E-state index < -0.39 is 16.1 Å². The van der Waals surface area contributed by atoms with Crippen molar-refractivity contribution in [3.63, 3.8) is 0 Å². The van der Waals surface area contributed by atoms with E-state index in [2.05, 4.69) is 354 Å². The molecule has 0 saturated carbocycles. The minimum atomic E-state index is -3.01. The van der Waals surface area contributed by atoms with Crippen molar-refractivity contribution in [3.05, 3.63) is 340 Å². The molecule has 84 heavy (non-hydrogen) atoms. The molecule has 2 aliphatic rings. The highest BCUT2D eigenvalue weighted by molar-refractivity contribution is 7.20. The Balaban J connectivity index is 1.06. The van der Waals surface area contributed by atoms with Crippen molar-refractivity contribution >= 4 is 137 Å². The molecule has 16 rings (SSSR count). The molecule has 2 aliphatic heterocycles. The third kappa shape index (κ3) is 7.58. The van der Waals surface area contributed by atoms with Crippen molar-refractivity contribution < 1.29 is 0 Å². The molecule has 0 unspecified atom stereocenters. The average molecular weight is 1100 g/mol. The van der Waals surface area contributed by atoms with Gasteiger partial charge >= 0.3 is 0 Å². The van der Waals surface area contributed by atoms with Gasteiger partial charge in [-0.2, -0.15) is 0 Å². The van der Waals surface area contributed by atoms with Crippen LogP contribution in [0.5, 0.6) is 0 Å². The number of hydrogen-bond donors (Lipinski definition) is 0. The van der Waals surface area contributed by atoms with Crippen LogP contribution in [0.4, 0.5) is 34.1 Å². The topological polar surface area (TPSA) is 11.4 Å². The standard InChI is InChI=1S/C78H56BN3Si2/c1-9-29-57(30-10-1)80-74-55-66(83(60-33-13-3-14-34-60,61-35-15-4-16-36-61)62-37-17-5-18-38-62)49-51-70(74)79-71-52-50-67(84(63-39-19-6-20-40-63,64-41-21-7-22-42-64)65-43-23-8-24-44-65)56-75(71)81(58-31-11-2-12-32-58)77-54-59(53-76(80)78(77)79)82-72-47-27-25-45-68(72)69-46-26-28-48-73(69)82/h1-56H. The van der Waals surface area contributed by atoms with Gasteiger partial charge in [0.1, 0.15) is 0 Å². The van der Waals surface area contributed by atoms with Crippen molar-refractivity contribution in [1.82, 2.24) is 4.57 Å². The molecule has 394 valence electrons. The van der Waals surface area contributed by atoms with Gasteiger partial charge in [0.05, 0.1) is 16.7 Å². The smallest absolute Gasteiger partial charge is 0.252 e. The molecule has 13 aromatic carbocycles. The average Bonchev–Trinajstić information content (AvgIpc) is 1.43. The molecule has 0 spiro atoms. The summed E-state index contributed by atoms with van der Waals surface area (Å²) in [6, 6.07) is 128. The van der Waals surface area contributed by atoms with E-state index in [1.807, 2.05) is 0 Å². The predicted molar refractivity (Wildman–Crippen MR) is 362 cm³/mol. The maximum Gasteiger partial charge on any atom is 0.252 e. The molecule has 3 heterocycles. The van der Waals surface area contributed by atoms with Gasteiger partial charge in [-0.1, -0.05) is 279 Å². The molecule has 0 aliphatic carbocycles. The van der Waals surface area contributed by atoms with Gasteiger partial charge in [-0.05, 0) is 119 Å². The maximum absolute atomic E-state index is 3.01. The predicted octanol–water partition coefficient (Wildman–Crippen LogP) is 11.6. The van der Waals surface area contributed by atoms with Crippen molar-refractivity contribution in [3.8, 4) is 5.69 Å². The van der Waals surface area contributed by atoms with E-state index in [4.69, 9.17) is 0 Å². The van der Waals surface area contributed by atoms with Gasteiger partial charge in [-0.15, -0.1) is 0 Å². The van der Waals surface area contributed by atoms with E-state index in [-0.39, 0.29) is 6.71 Å². The molecule has 6 heteroatoms. The second-order valence-electron chi connectivity index (χ2n) is 22.3. The SMILES string of the molecule is c1ccc(N2c3cc([Si](c4ccccc4)(c4ccccc4)c4ccccc4)ccc3B3c4ccc([Si](c5ccccc5)(c5ccccc5)c5ccccc5)cc4N(c4ccccc4)c4cc(-n5c6ccccc6c6ccccc65)cc2c43)cc1. The van der Waals surface area contributed by atoms with Crippen molar-refractivity contribution in [2.45, 2.75) is 0 Å². The zero-order valence-corrected chi connectivity index (χ0v) is 48.3. The Kier molecular flexibility index (Phi) is 12.0. The van der Waals surface area contributed by atoms with Gasteiger partial charge in [-0.25, -0.2) is 0 Å². The van der Waals surface area contributed by atoms with Gasteiger partial charge in [0.25, 0.3) is 6.71 Å². The number of para-hydroxylation sites is 4. The van der Waals surface area contributed by atoms with Crippen molar-refractivity contribution in [2.24, 2.45) is 0 Å². The van der Waals surface area contributed by atoms with Gasteiger partial charge in [0.2, 0.25) is 0 Å². The summed E-state index contributed by atoms with van der Waals surface area (Å²) >= 11 is 0. The lowest BCUT2D eigenvalue weighted by molar-refractivity contribution is 1.16. The van der Waals surface area contributed by atoms with Crippen LogP contribution < -0.4 is 67.7 Å². The fourth-order valence-corrected chi connectivity index (χ4v) is 24.1. The second kappa shape index (κ2) is 20.3. The number of aromatic nitrogens is 1. The molecule has 1 aromatic heterocycles. The van der Waals surface area contributed by atoms with Crippen LogP contribution in [0.15, 0.2) is 340 Å². The molecule has 0 radical (unpaired) electrons. The first-order valence-electron chi connectivity index (χ1n) is 29.2. The Labute approximate surface area is 493 Å². The summed E-state index contributed by atoms with van der Waals surface area (Å²) in [4.78, 5) is 5.21. The summed E-state index contributed by atoms with van der Waals surface area (Å²) in [6.45, 7) is -0.141. The Morgan fingerprint density at radius 3 is 0.833 bits per heavy atom. The summed E-state index contributed by atoms with van der Waals surface area (Å²) in [5.41, 5.74) is 14.2. The number of fused-ring (bicyclic) bond motifs is 7. The third-order valence-corrected chi connectivity index (χ3v) is 27.6. The first-order valence-corrected chi connectivity index (χ1v) is 33.2. The summed E-state index contributed by atoms with van der Waals surface area (Å²) in [6.07, 6.45) is 0. The Hall–Kier alpha value is -10.2. The van der Waals surface area contributed by atoms with E-state index >= 15 is 0 Å². The summed E-state index contributed by atoms with van der Waals surface area (Å²) in [5, 5.41) is 13.2. The van der Waals surface area contributed by atoms with Crippen LogP contribution in [-0.4, -0.2) is 27.4 Å². The highest BCUT2D eigenvalue weighted by Crippen LogP contribution is 2.46. The first kappa shape index (κ1) is 49.6. The molecule has 0 saturated heterocycles. The van der Waals surface area contributed by atoms with Gasteiger partial charge in [0, 0.05) is 44.9 Å². The number of hydrogen-bond acceptors (Lipinski definition) is 2. The highest BCUT2D eigenvalue weighted by atomic mass is 28.3. The molecule has 0 fully saturated rings. The van der Waals surface area contributed by atoms with Gasteiger partial charge in [-0.3, -0.25) is 0 Å². The summed E-state index contributed by atoms with van der Waals surface area (Å²) in [7, 11) is -6.03. The van der Waals surface area contributed by atoms with E-state index in [0.29, 0.717) is 0 Å². The minimum absolute atomic E-state index is 0.141. The lowest BCUT2D eigenvalue weighted by Crippen LogP contribution is -2.75. The van der Waals surface area contributed by atoms with Crippen molar-refractivity contribution in [2.75, 3.05) is 9.80 Å². The van der Waals surface area contributed by atoms with Gasteiger partial charge in [0.15, 0.2) is 16.1 Å². The molecule has 0 amide bonds. The second-order valence-corrected chi connectivity index (χ2v) is 29.9. The monoisotopic (exact) mass is 1100 g/mol. The lowest BCUT2D eigenvalue weighted by atomic mass is 9.33. The van der Waals surface area contributed by atoms with Crippen LogP contribution in [0, 0.1) is 0 Å². The number of nitrogens with zero attached hydrogens (tertiary/aromatic N) is 3. The zero-order valence-electron chi connectivity index (χ0n) is 46.3. The lowest BCUT2D eigenvalue weighted by Gasteiger charge is -2.45. The number of rotatable bonds is 11. The Morgan fingerprint density at radius 2 is 0.512 bits per heavy atom. The van der Waals surface area contributed by atoms with E-state index in [9.17, 15) is 0 Å². The van der Waals surface area contributed by atoms with Gasteiger partial charge < -0.3 is 14.4 Å². The Morgan fingerprint density at radius 1 is 0.226 bits per heavy atom. The van der Waals surface area contributed by atoms with E-state index in [0.717, 1.165) is 28.4 Å². The fraction of sp³-hybridized carbons (Fsp3) is 0. The summed E-state index contributed by atoms with van der Waals surface area (Å²) < 4.78 is 2.51. The molecular formula is C78H56BN3Si2. The summed E-state index contributed by atoms with van der Waals surface area (Å²) in [5.74, 6) is 0. The van der Waals surface area contributed by atoms with Crippen LogP contribution in [0.25, 0.3) is 27.5 Å². The fourth-order valence-electron chi connectivity index (χ4n) is 14.6. The quantitative estimate of drug-likeness (QED) is 0.0945. The third-order valence-electron chi connectivity index (χ3n) is 18.0. The molecule has 0 bridgehead atoms. The number of benzene rings is 13. The van der Waals surface area contributed by atoms with E-state index in [1.54, 1.807) is 0 Å². The largest absolute Gasteiger partial charge is 0.311 e. The zero-order chi connectivity index (χ0) is 55.6. The first-order chi connectivity index (χ1) is 41.7. The normalized spacial score (nSPS) is 12.7. The minimum Gasteiger partial charge on any atom is -0.311 e. The molecule has 3 nitrogen and oxygen atoms in total. The van der Waals surface area contributed by atoms with Crippen LogP contribution in [0.1, 0.15) is 0 Å². The van der Waals surface area contributed by atoms with Crippen LogP contribution in [-0.2, 0) is 0 Å². The van der Waals surface area contributed by atoms with E-state index in [1.165, 1.54) is 91.1 Å².